The van der Waals surface area contributed by atoms with Crippen LogP contribution >= 0.6 is 0 Å². The molecule has 2 aromatic carbocycles. The van der Waals surface area contributed by atoms with Crippen LogP contribution in [0.15, 0.2) is 53.6 Å². The number of hydrogen-bond donors (Lipinski definition) is 1. The van der Waals surface area contributed by atoms with E-state index in [1.807, 2.05) is 81.3 Å². The molecule has 1 N–H and O–H groups in total. The average Bonchev–Trinajstić information content (AvgIpc) is 2.87. The van der Waals surface area contributed by atoms with E-state index in [2.05, 4.69) is 53.4 Å². The molecule has 1 heterocycles. The lowest BCUT2D eigenvalue weighted by molar-refractivity contribution is 0.208. The van der Waals surface area contributed by atoms with E-state index < -0.39 is 0 Å². The standard InChI is InChI=1S/C29H40N6O3/c1-9-36-25-18-21(20-30-33-26-19-27(34(5)6)32-28(31-26)35(7)8)10-15-24(25)38-17-16-37-23-13-11-22(12-14-23)29(2,3)4/h10-15,18-20H,9,16-17H2,1-8H3,(H,31,32,33). The number of rotatable bonds is 12. The Morgan fingerprint density at radius 1 is 0.842 bits per heavy atom. The van der Waals surface area contributed by atoms with E-state index in [0.29, 0.717) is 43.1 Å². The number of hydrazone groups is 1. The van der Waals surface area contributed by atoms with Gasteiger partial charge in [-0.25, -0.2) is 0 Å². The zero-order chi connectivity index (χ0) is 27.7. The number of benzene rings is 2. The van der Waals surface area contributed by atoms with Gasteiger partial charge in [0.05, 0.1) is 12.8 Å². The minimum Gasteiger partial charge on any atom is -0.490 e. The fourth-order valence-corrected chi connectivity index (χ4v) is 3.44. The van der Waals surface area contributed by atoms with Crippen LogP contribution in [0.4, 0.5) is 17.6 Å². The molecule has 0 aliphatic rings. The summed E-state index contributed by atoms with van der Waals surface area (Å²) in [6.45, 7) is 9.87. The van der Waals surface area contributed by atoms with Crippen molar-refractivity contribution in [2.75, 3.05) is 63.2 Å². The van der Waals surface area contributed by atoms with E-state index >= 15 is 0 Å². The SMILES string of the molecule is CCOc1cc(C=NNc2cc(N(C)C)nc(N(C)C)n2)ccc1OCCOc1ccc(C(C)(C)C)cc1. The van der Waals surface area contributed by atoms with Crippen LogP contribution in [0.3, 0.4) is 0 Å². The summed E-state index contributed by atoms with van der Waals surface area (Å²) in [5.74, 6) is 4.11. The largest absolute Gasteiger partial charge is 0.490 e. The third-order valence-corrected chi connectivity index (χ3v) is 5.55. The normalized spacial score (nSPS) is 11.4. The molecule has 3 rings (SSSR count). The van der Waals surface area contributed by atoms with Crippen molar-refractivity contribution >= 4 is 23.8 Å². The second-order valence-corrected chi connectivity index (χ2v) is 10.2. The number of anilines is 3. The van der Waals surface area contributed by atoms with Crippen molar-refractivity contribution in [3.8, 4) is 17.2 Å². The van der Waals surface area contributed by atoms with Crippen LogP contribution in [0.5, 0.6) is 17.2 Å². The number of hydrogen-bond acceptors (Lipinski definition) is 9. The second kappa shape index (κ2) is 13.0. The Morgan fingerprint density at radius 3 is 2.18 bits per heavy atom. The van der Waals surface area contributed by atoms with Crippen LogP contribution in [-0.4, -0.2) is 64.2 Å². The summed E-state index contributed by atoms with van der Waals surface area (Å²) in [6, 6.07) is 15.7. The van der Waals surface area contributed by atoms with Gasteiger partial charge in [0, 0.05) is 34.3 Å². The zero-order valence-electron chi connectivity index (χ0n) is 23.8. The van der Waals surface area contributed by atoms with Crippen molar-refractivity contribution in [3.05, 3.63) is 59.7 Å². The third-order valence-electron chi connectivity index (χ3n) is 5.55. The Labute approximate surface area is 226 Å². The first-order chi connectivity index (χ1) is 18.1. The monoisotopic (exact) mass is 520 g/mol. The molecule has 0 bridgehead atoms. The van der Waals surface area contributed by atoms with Gasteiger partial charge in [0.15, 0.2) is 17.3 Å². The van der Waals surface area contributed by atoms with Gasteiger partial charge in [-0.2, -0.15) is 15.1 Å². The number of ether oxygens (including phenoxy) is 3. The first-order valence-electron chi connectivity index (χ1n) is 12.7. The molecule has 0 spiro atoms. The lowest BCUT2D eigenvalue weighted by Gasteiger charge is -2.19. The molecule has 0 unspecified atom stereocenters. The number of aromatic nitrogens is 2. The highest BCUT2D eigenvalue weighted by Gasteiger charge is 2.13. The molecule has 0 aliphatic carbocycles. The van der Waals surface area contributed by atoms with Gasteiger partial charge in [-0.15, -0.1) is 0 Å². The highest BCUT2D eigenvalue weighted by atomic mass is 16.5. The molecule has 0 fully saturated rings. The summed E-state index contributed by atoms with van der Waals surface area (Å²) in [7, 11) is 7.67. The van der Waals surface area contributed by atoms with Gasteiger partial charge in [0.2, 0.25) is 5.95 Å². The maximum atomic E-state index is 5.95. The van der Waals surface area contributed by atoms with Crippen LogP contribution in [-0.2, 0) is 5.41 Å². The van der Waals surface area contributed by atoms with Gasteiger partial charge >= 0.3 is 0 Å². The minimum absolute atomic E-state index is 0.116. The van der Waals surface area contributed by atoms with Crippen LogP contribution in [0.1, 0.15) is 38.8 Å². The molecule has 38 heavy (non-hydrogen) atoms. The van der Waals surface area contributed by atoms with Crippen LogP contribution in [0.2, 0.25) is 0 Å². The maximum Gasteiger partial charge on any atom is 0.228 e. The molecular weight excluding hydrogens is 480 g/mol. The van der Waals surface area contributed by atoms with E-state index in [1.54, 1.807) is 6.21 Å². The smallest absolute Gasteiger partial charge is 0.228 e. The van der Waals surface area contributed by atoms with Crippen molar-refractivity contribution in [3.63, 3.8) is 0 Å². The Balaban J connectivity index is 1.59. The quantitative estimate of drug-likeness (QED) is 0.198. The molecule has 0 radical (unpaired) electrons. The van der Waals surface area contributed by atoms with Crippen molar-refractivity contribution in [1.82, 2.24) is 9.97 Å². The highest BCUT2D eigenvalue weighted by Crippen LogP contribution is 2.28. The van der Waals surface area contributed by atoms with E-state index in [9.17, 15) is 0 Å². The molecule has 9 heteroatoms. The van der Waals surface area contributed by atoms with Gasteiger partial charge in [-0.1, -0.05) is 32.9 Å². The molecule has 1 aromatic heterocycles. The first-order valence-corrected chi connectivity index (χ1v) is 12.7. The average molecular weight is 521 g/mol. The van der Waals surface area contributed by atoms with Crippen LogP contribution < -0.4 is 29.4 Å². The van der Waals surface area contributed by atoms with Gasteiger partial charge in [-0.05, 0) is 53.8 Å². The molecular formula is C29H40N6O3. The van der Waals surface area contributed by atoms with Crippen molar-refractivity contribution in [2.45, 2.75) is 33.1 Å². The Bertz CT molecular complexity index is 1180. The van der Waals surface area contributed by atoms with Crippen molar-refractivity contribution in [2.24, 2.45) is 5.10 Å². The Hall–Kier alpha value is -4.01. The second-order valence-electron chi connectivity index (χ2n) is 10.2. The zero-order valence-corrected chi connectivity index (χ0v) is 23.8. The van der Waals surface area contributed by atoms with E-state index in [0.717, 1.165) is 17.1 Å². The van der Waals surface area contributed by atoms with Gasteiger partial charge < -0.3 is 24.0 Å². The first kappa shape index (κ1) is 28.6. The summed E-state index contributed by atoms with van der Waals surface area (Å²) >= 11 is 0. The summed E-state index contributed by atoms with van der Waals surface area (Å²) in [4.78, 5) is 12.8. The summed E-state index contributed by atoms with van der Waals surface area (Å²) < 4.78 is 17.6. The van der Waals surface area contributed by atoms with Gasteiger partial charge in [0.1, 0.15) is 24.8 Å². The Kier molecular flexibility index (Phi) is 9.76. The highest BCUT2D eigenvalue weighted by molar-refractivity contribution is 5.81. The number of nitrogens with zero attached hydrogens (tertiary/aromatic N) is 5. The summed E-state index contributed by atoms with van der Waals surface area (Å²) in [5.41, 5.74) is 5.24. The summed E-state index contributed by atoms with van der Waals surface area (Å²) in [5, 5.41) is 4.36. The fraction of sp³-hybridized carbons (Fsp3) is 0.414. The molecule has 0 saturated heterocycles. The third kappa shape index (κ3) is 8.26. The van der Waals surface area contributed by atoms with Gasteiger partial charge in [-0.3, -0.25) is 5.43 Å². The molecule has 0 atom stereocenters. The Morgan fingerprint density at radius 2 is 1.55 bits per heavy atom. The van der Waals surface area contributed by atoms with Gasteiger partial charge in [0.25, 0.3) is 0 Å². The molecule has 9 nitrogen and oxygen atoms in total. The lowest BCUT2D eigenvalue weighted by atomic mass is 9.87. The van der Waals surface area contributed by atoms with E-state index in [-0.39, 0.29) is 5.41 Å². The van der Waals surface area contributed by atoms with Crippen LogP contribution in [0, 0.1) is 0 Å². The fourth-order valence-electron chi connectivity index (χ4n) is 3.44. The summed E-state index contributed by atoms with van der Waals surface area (Å²) in [6.07, 6.45) is 1.71. The molecule has 0 amide bonds. The molecule has 0 saturated carbocycles. The van der Waals surface area contributed by atoms with Crippen LogP contribution in [0.25, 0.3) is 0 Å². The predicted molar refractivity (Wildman–Crippen MR) is 156 cm³/mol. The molecule has 0 aliphatic heterocycles. The topological polar surface area (TPSA) is 84.3 Å². The molecule has 3 aromatic rings. The minimum atomic E-state index is 0.116. The van der Waals surface area contributed by atoms with Crippen molar-refractivity contribution < 1.29 is 14.2 Å². The number of nitrogens with one attached hydrogen (secondary N) is 1. The predicted octanol–water partition coefficient (Wildman–Crippen LogP) is 5.21. The van der Waals surface area contributed by atoms with Crippen molar-refractivity contribution in [1.29, 1.82) is 0 Å². The molecule has 204 valence electrons. The lowest BCUT2D eigenvalue weighted by Crippen LogP contribution is -2.17. The maximum absolute atomic E-state index is 5.95. The van der Waals surface area contributed by atoms with E-state index in [4.69, 9.17) is 14.2 Å². The van der Waals surface area contributed by atoms with E-state index in [1.165, 1.54) is 5.56 Å².